The lowest BCUT2D eigenvalue weighted by Crippen LogP contribution is -2.45. The van der Waals surface area contributed by atoms with Crippen molar-refractivity contribution in [3.63, 3.8) is 0 Å². The topological polar surface area (TPSA) is 58.6 Å². The number of carbonyl (C=O) groups is 1. The highest BCUT2D eigenvalue weighted by Crippen LogP contribution is 2.31. The minimum atomic E-state index is -0.885. The molecule has 1 aliphatic rings. The normalized spacial score (nSPS) is 20.3. The molecule has 1 aliphatic heterocycles. The summed E-state index contributed by atoms with van der Waals surface area (Å²) in [4.78, 5) is 12.0. The number of aliphatic hydroxyl groups is 1. The molecule has 104 valence electrons. The summed E-state index contributed by atoms with van der Waals surface area (Å²) >= 11 is 5.90. The lowest BCUT2D eigenvalue weighted by molar-refractivity contribution is -0.128. The molecule has 2 unspecified atom stereocenters. The highest BCUT2D eigenvalue weighted by molar-refractivity contribution is 6.30. The van der Waals surface area contributed by atoms with Gasteiger partial charge in [-0.05, 0) is 37.1 Å². The summed E-state index contributed by atoms with van der Waals surface area (Å²) in [7, 11) is 0. The monoisotopic (exact) mass is 283 g/mol. The van der Waals surface area contributed by atoms with Crippen LogP contribution in [0, 0.1) is 0 Å². The molecule has 2 atom stereocenters. The van der Waals surface area contributed by atoms with E-state index in [1.54, 1.807) is 19.1 Å². The molecule has 1 aromatic rings. The largest absolute Gasteiger partial charge is 0.480 e. The van der Waals surface area contributed by atoms with Crippen LogP contribution in [0.2, 0.25) is 5.02 Å². The Balaban J connectivity index is 1.94. The Morgan fingerprint density at radius 1 is 1.63 bits per heavy atom. The Bertz CT molecular complexity index is 488. The second kappa shape index (κ2) is 5.39. The van der Waals surface area contributed by atoms with Gasteiger partial charge in [-0.3, -0.25) is 4.79 Å². The van der Waals surface area contributed by atoms with E-state index >= 15 is 0 Å². The Morgan fingerprint density at radius 3 is 3.05 bits per heavy atom. The summed E-state index contributed by atoms with van der Waals surface area (Å²) < 4.78 is 5.57. The zero-order valence-corrected chi connectivity index (χ0v) is 11.8. The van der Waals surface area contributed by atoms with Crippen molar-refractivity contribution in [2.75, 3.05) is 6.54 Å². The van der Waals surface area contributed by atoms with E-state index < -0.39 is 11.7 Å². The number of carbonyl (C=O) groups excluding carboxylic acids is 1. The highest BCUT2D eigenvalue weighted by Gasteiger charge is 2.30. The molecule has 1 aromatic carbocycles. The van der Waals surface area contributed by atoms with Crippen molar-refractivity contribution < 1.29 is 14.6 Å². The zero-order chi connectivity index (χ0) is 14.0. The van der Waals surface area contributed by atoms with E-state index in [-0.39, 0.29) is 12.5 Å². The molecule has 1 heterocycles. The van der Waals surface area contributed by atoms with E-state index in [4.69, 9.17) is 16.3 Å². The fourth-order valence-electron chi connectivity index (χ4n) is 1.88. The van der Waals surface area contributed by atoms with Crippen LogP contribution in [0.15, 0.2) is 18.2 Å². The Hall–Kier alpha value is -1.26. The molecule has 2 rings (SSSR count). The molecule has 1 amide bonds. The molecule has 0 saturated carbocycles. The smallest absolute Gasteiger partial charge is 0.261 e. The van der Waals surface area contributed by atoms with Gasteiger partial charge in [0.05, 0.1) is 5.60 Å². The predicted molar refractivity (Wildman–Crippen MR) is 73.5 cm³/mol. The van der Waals surface area contributed by atoms with Gasteiger partial charge in [0.25, 0.3) is 5.91 Å². The lowest BCUT2D eigenvalue weighted by Gasteiger charge is -2.22. The number of hydrogen-bond donors (Lipinski definition) is 2. The van der Waals surface area contributed by atoms with Crippen LogP contribution in [0.25, 0.3) is 0 Å². The standard InChI is InChI=1S/C14H18ClNO3/c1-3-14(2,18)8-16-13(17)12-7-9-6-10(15)4-5-11(9)19-12/h4-6,12,18H,3,7-8H2,1-2H3,(H,16,17). The number of hydrogen-bond acceptors (Lipinski definition) is 3. The third kappa shape index (κ3) is 3.39. The summed E-state index contributed by atoms with van der Waals surface area (Å²) in [6, 6.07) is 5.32. The molecular weight excluding hydrogens is 266 g/mol. The maximum absolute atomic E-state index is 12.0. The molecule has 0 aliphatic carbocycles. The van der Waals surface area contributed by atoms with E-state index in [9.17, 15) is 9.90 Å². The molecule has 0 saturated heterocycles. The Morgan fingerprint density at radius 2 is 2.37 bits per heavy atom. The molecule has 0 fully saturated rings. The van der Waals surface area contributed by atoms with E-state index in [0.717, 1.165) is 5.56 Å². The Labute approximate surface area is 117 Å². The van der Waals surface area contributed by atoms with E-state index in [0.29, 0.717) is 23.6 Å². The number of rotatable bonds is 4. The molecule has 0 radical (unpaired) electrons. The van der Waals surface area contributed by atoms with Gasteiger partial charge in [0, 0.05) is 18.0 Å². The van der Waals surface area contributed by atoms with Crippen LogP contribution >= 0.6 is 11.6 Å². The lowest BCUT2D eigenvalue weighted by atomic mass is 10.0. The van der Waals surface area contributed by atoms with Crippen LogP contribution in [0.1, 0.15) is 25.8 Å². The van der Waals surface area contributed by atoms with E-state index in [2.05, 4.69) is 5.32 Å². The quantitative estimate of drug-likeness (QED) is 0.888. The van der Waals surface area contributed by atoms with Crippen LogP contribution in [-0.4, -0.2) is 29.3 Å². The predicted octanol–water partition coefficient (Wildman–Crippen LogP) is 1.92. The van der Waals surface area contributed by atoms with Gasteiger partial charge in [-0.2, -0.15) is 0 Å². The number of amides is 1. The van der Waals surface area contributed by atoms with Gasteiger partial charge in [0.1, 0.15) is 5.75 Å². The third-order valence-corrected chi connectivity index (χ3v) is 3.63. The number of halogens is 1. The van der Waals surface area contributed by atoms with Gasteiger partial charge in [-0.25, -0.2) is 0 Å². The van der Waals surface area contributed by atoms with Crippen LogP contribution in [0.5, 0.6) is 5.75 Å². The summed E-state index contributed by atoms with van der Waals surface area (Å²) in [5.41, 5.74) is 0.0552. The number of nitrogens with one attached hydrogen (secondary N) is 1. The average molecular weight is 284 g/mol. The number of fused-ring (bicyclic) bond motifs is 1. The Kier molecular flexibility index (Phi) is 4.02. The molecular formula is C14H18ClNO3. The third-order valence-electron chi connectivity index (χ3n) is 3.39. The molecule has 0 aromatic heterocycles. The van der Waals surface area contributed by atoms with Crippen molar-refractivity contribution in [1.29, 1.82) is 0 Å². The second-order valence-corrected chi connectivity index (χ2v) is 5.57. The van der Waals surface area contributed by atoms with E-state index in [1.165, 1.54) is 0 Å². The molecule has 0 spiro atoms. The van der Waals surface area contributed by atoms with Crippen molar-refractivity contribution in [2.45, 2.75) is 38.4 Å². The zero-order valence-electron chi connectivity index (χ0n) is 11.1. The number of benzene rings is 1. The van der Waals surface area contributed by atoms with Gasteiger partial charge in [-0.1, -0.05) is 18.5 Å². The first-order valence-electron chi connectivity index (χ1n) is 6.36. The van der Waals surface area contributed by atoms with Crippen molar-refractivity contribution in [3.05, 3.63) is 28.8 Å². The first kappa shape index (κ1) is 14.2. The summed E-state index contributed by atoms with van der Waals surface area (Å²) in [5.74, 6) is 0.493. The minimum Gasteiger partial charge on any atom is -0.480 e. The maximum atomic E-state index is 12.0. The van der Waals surface area contributed by atoms with Gasteiger partial charge < -0.3 is 15.2 Å². The molecule has 2 N–H and O–H groups in total. The molecule has 19 heavy (non-hydrogen) atoms. The van der Waals surface area contributed by atoms with Crippen LogP contribution in [-0.2, 0) is 11.2 Å². The summed E-state index contributed by atoms with van der Waals surface area (Å²) in [5, 5.41) is 13.2. The first-order chi connectivity index (χ1) is 8.91. The van der Waals surface area contributed by atoms with Gasteiger partial charge in [0.2, 0.25) is 0 Å². The van der Waals surface area contributed by atoms with E-state index in [1.807, 2.05) is 13.0 Å². The number of ether oxygens (including phenoxy) is 1. The van der Waals surface area contributed by atoms with Crippen molar-refractivity contribution >= 4 is 17.5 Å². The molecule has 4 nitrogen and oxygen atoms in total. The summed E-state index contributed by atoms with van der Waals surface area (Å²) in [6.45, 7) is 3.78. The van der Waals surface area contributed by atoms with Crippen LogP contribution in [0.4, 0.5) is 0 Å². The summed E-state index contributed by atoms with van der Waals surface area (Å²) in [6.07, 6.45) is 0.547. The van der Waals surface area contributed by atoms with Gasteiger partial charge >= 0.3 is 0 Å². The fraction of sp³-hybridized carbons (Fsp3) is 0.500. The van der Waals surface area contributed by atoms with Crippen molar-refractivity contribution in [2.24, 2.45) is 0 Å². The fourth-order valence-corrected chi connectivity index (χ4v) is 2.07. The van der Waals surface area contributed by atoms with Crippen LogP contribution < -0.4 is 10.1 Å². The molecule has 0 bridgehead atoms. The van der Waals surface area contributed by atoms with Gasteiger partial charge in [-0.15, -0.1) is 0 Å². The first-order valence-corrected chi connectivity index (χ1v) is 6.74. The molecule has 5 heteroatoms. The van der Waals surface area contributed by atoms with Crippen molar-refractivity contribution in [3.8, 4) is 5.75 Å². The van der Waals surface area contributed by atoms with Gasteiger partial charge in [0.15, 0.2) is 6.10 Å². The highest BCUT2D eigenvalue weighted by atomic mass is 35.5. The second-order valence-electron chi connectivity index (χ2n) is 5.13. The average Bonchev–Trinajstić information content (AvgIpc) is 2.79. The van der Waals surface area contributed by atoms with Crippen LogP contribution in [0.3, 0.4) is 0 Å². The maximum Gasteiger partial charge on any atom is 0.261 e. The SMILES string of the molecule is CCC(C)(O)CNC(=O)C1Cc2cc(Cl)ccc2O1. The van der Waals surface area contributed by atoms with Crippen molar-refractivity contribution in [1.82, 2.24) is 5.32 Å². The minimum absolute atomic E-state index is 0.207.